The van der Waals surface area contributed by atoms with Gasteiger partial charge in [-0.05, 0) is 63.6 Å². The van der Waals surface area contributed by atoms with Gasteiger partial charge in [-0.25, -0.2) is 9.59 Å². The number of benzene rings is 2. The predicted molar refractivity (Wildman–Crippen MR) is 117 cm³/mol. The molecule has 3 rings (SSSR count). The van der Waals surface area contributed by atoms with Gasteiger partial charge < -0.3 is 14.5 Å². The Morgan fingerprint density at radius 3 is 2.28 bits per heavy atom. The molecule has 32 heavy (non-hydrogen) atoms. The molecule has 0 fully saturated rings. The van der Waals surface area contributed by atoms with Gasteiger partial charge in [-0.1, -0.05) is 18.2 Å². The van der Waals surface area contributed by atoms with Gasteiger partial charge in [0.1, 0.15) is 0 Å². The number of hydrogen-bond acceptors (Lipinski definition) is 7. The molecule has 2 N–H and O–H groups in total. The molecule has 0 aliphatic carbocycles. The van der Waals surface area contributed by atoms with Crippen LogP contribution in [0.15, 0.2) is 52.9 Å². The summed E-state index contributed by atoms with van der Waals surface area (Å²) in [5.74, 6) is -0.712. The van der Waals surface area contributed by atoms with Crippen LogP contribution in [0.4, 0.5) is 4.79 Å². The number of nitrogens with zero attached hydrogens (tertiary/aromatic N) is 2. The number of aryl methyl sites for hydroxylation is 1. The van der Waals surface area contributed by atoms with E-state index in [4.69, 9.17) is 9.15 Å². The SMILES string of the molecule is Cc1ccccc1-c1nnc(-c2ccc(C(=O)OCC(=O)NC(=O)NC(C)(C)C)cc2)o1. The number of esters is 1. The maximum absolute atomic E-state index is 12.2. The van der Waals surface area contributed by atoms with E-state index in [1.54, 1.807) is 32.9 Å². The van der Waals surface area contributed by atoms with E-state index in [0.29, 0.717) is 17.3 Å². The Bertz CT molecular complexity index is 1130. The lowest BCUT2D eigenvalue weighted by Gasteiger charge is -2.20. The first-order valence-electron chi connectivity index (χ1n) is 9.91. The fraction of sp³-hybridized carbons (Fsp3) is 0.261. The fourth-order valence-corrected chi connectivity index (χ4v) is 2.76. The minimum Gasteiger partial charge on any atom is -0.452 e. The van der Waals surface area contributed by atoms with Crippen molar-refractivity contribution < 1.29 is 23.5 Å². The van der Waals surface area contributed by atoms with Gasteiger partial charge in [0.15, 0.2) is 6.61 Å². The number of hydrogen-bond donors (Lipinski definition) is 2. The molecular formula is C23H24N4O5. The van der Waals surface area contributed by atoms with Crippen molar-refractivity contribution in [2.75, 3.05) is 6.61 Å². The third-order valence-corrected chi connectivity index (χ3v) is 4.24. The van der Waals surface area contributed by atoms with E-state index >= 15 is 0 Å². The summed E-state index contributed by atoms with van der Waals surface area (Å²) in [7, 11) is 0. The van der Waals surface area contributed by atoms with Crippen molar-refractivity contribution in [2.24, 2.45) is 0 Å². The largest absolute Gasteiger partial charge is 0.452 e. The molecule has 0 saturated heterocycles. The number of carbonyl (C=O) groups is 3. The Balaban J connectivity index is 1.58. The zero-order chi connectivity index (χ0) is 23.3. The van der Waals surface area contributed by atoms with Gasteiger partial charge in [0.2, 0.25) is 11.8 Å². The second kappa shape index (κ2) is 9.42. The van der Waals surface area contributed by atoms with E-state index in [1.807, 2.05) is 31.2 Å². The lowest BCUT2D eigenvalue weighted by Crippen LogP contribution is -2.49. The number of urea groups is 1. The molecule has 0 radical (unpaired) electrons. The highest BCUT2D eigenvalue weighted by molar-refractivity contribution is 5.97. The minimum absolute atomic E-state index is 0.235. The maximum Gasteiger partial charge on any atom is 0.338 e. The Morgan fingerprint density at radius 2 is 1.62 bits per heavy atom. The highest BCUT2D eigenvalue weighted by Crippen LogP contribution is 2.26. The van der Waals surface area contributed by atoms with Crippen LogP contribution in [-0.2, 0) is 9.53 Å². The first-order valence-corrected chi connectivity index (χ1v) is 9.91. The van der Waals surface area contributed by atoms with Gasteiger partial charge in [0.25, 0.3) is 5.91 Å². The molecule has 1 heterocycles. The average molecular weight is 436 g/mol. The van der Waals surface area contributed by atoms with Crippen LogP contribution in [0.3, 0.4) is 0 Å². The van der Waals surface area contributed by atoms with Gasteiger partial charge >= 0.3 is 12.0 Å². The van der Waals surface area contributed by atoms with E-state index in [0.717, 1.165) is 11.1 Å². The van der Waals surface area contributed by atoms with Gasteiger partial charge in [-0.15, -0.1) is 10.2 Å². The molecule has 1 aromatic heterocycles. The second-order valence-corrected chi connectivity index (χ2v) is 8.13. The summed E-state index contributed by atoms with van der Waals surface area (Å²) in [4.78, 5) is 35.6. The summed E-state index contributed by atoms with van der Waals surface area (Å²) in [6, 6.07) is 13.4. The summed E-state index contributed by atoms with van der Waals surface area (Å²) in [6.07, 6.45) is 0. The van der Waals surface area contributed by atoms with Crippen LogP contribution in [0, 0.1) is 6.92 Å². The predicted octanol–water partition coefficient (Wildman–Crippen LogP) is 3.49. The highest BCUT2D eigenvalue weighted by atomic mass is 16.5. The number of rotatable bonds is 5. The van der Waals surface area contributed by atoms with Crippen molar-refractivity contribution >= 4 is 17.9 Å². The van der Waals surface area contributed by atoms with Crippen molar-refractivity contribution in [3.05, 3.63) is 59.7 Å². The van der Waals surface area contributed by atoms with Crippen molar-refractivity contribution in [3.8, 4) is 22.9 Å². The highest BCUT2D eigenvalue weighted by Gasteiger charge is 2.17. The molecule has 0 unspecified atom stereocenters. The van der Waals surface area contributed by atoms with Gasteiger partial charge in [0.05, 0.1) is 5.56 Å². The number of imide groups is 1. The van der Waals surface area contributed by atoms with Gasteiger partial charge in [-0.2, -0.15) is 0 Å². The molecule has 9 nitrogen and oxygen atoms in total. The minimum atomic E-state index is -0.730. The van der Waals surface area contributed by atoms with Crippen LogP contribution in [-0.4, -0.2) is 40.3 Å². The summed E-state index contributed by atoms with van der Waals surface area (Å²) >= 11 is 0. The number of nitrogens with one attached hydrogen (secondary N) is 2. The van der Waals surface area contributed by atoms with Gasteiger partial charge in [0, 0.05) is 16.7 Å². The molecule has 0 atom stereocenters. The molecule has 166 valence electrons. The van der Waals surface area contributed by atoms with E-state index in [9.17, 15) is 14.4 Å². The summed E-state index contributed by atoms with van der Waals surface area (Å²) < 4.78 is 10.7. The second-order valence-electron chi connectivity index (χ2n) is 8.13. The molecule has 0 spiro atoms. The Kier molecular flexibility index (Phi) is 6.67. The molecule has 0 saturated carbocycles. The molecule has 2 aromatic carbocycles. The zero-order valence-corrected chi connectivity index (χ0v) is 18.3. The first kappa shape index (κ1) is 22.7. The molecule has 3 aromatic rings. The normalized spacial score (nSPS) is 11.0. The van der Waals surface area contributed by atoms with Crippen LogP contribution in [0.1, 0.15) is 36.7 Å². The number of ether oxygens (including phenoxy) is 1. The third kappa shape index (κ3) is 6.00. The van der Waals surface area contributed by atoms with E-state index < -0.39 is 30.1 Å². The summed E-state index contributed by atoms with van der Waals surface area (Å²) in [5.41, 5.74) is 2.23. The monoisotopic (exact) mass is 436 g/mol. The van der Waals surface area contributed by atoms with Crippen LogP contribution in [0.25, 0.3) is 22.9 Å². The average Bonchev–Trinajstić information content (AvgIpc) is 3.21. The Morgan fingerprint density at radius 1 is 0.969 bits per heavy atom. The zero-order valence-electron chi connectivity index (χ0n) is 18.3. The summed E-state index contributed by atoms with van der Waals surface area (Å²) in [5, 5.41) is 12.8. The quantitative estimate of drug-likeness (QED) is 0.587. The smallest absolute Gasteiger partial charge is 0.338 e. The van der Waals surface area contributed by atoms with E-state index in [-0.39, 0.29) is 5.56 Å². The van der Waals surface area contributed by atoms with Crippen LogP contribution >= 0.6 is 0 Å². The standard InChI is InChI=1S/C23H24N4O5/c1-14-7-5-6-8-17(14)20-27-26-19(32-20)15-9-11-16(12-10-15)21(29)31-13-18(28)24-22(30)25-23(2,3)4/h5-12H,13H2,1-4H3,(H2,24,25,28,30). The summed E-state index contributed by atoms with van der Waals surface area (Å²) in [6.45, 7) is 6.70. The fourth-order valence-electron chi connectivity index (χ4n) is 2.76. The lowest BCUT2D eigenvalue weighted by atomic mass is 10.1. The van der Waals surface area contributed by atoms with Crippen molar-refractivity contribution in [1.82, 2.24) is 20.8 Å². The van der Waals surface area contributed by atoms with E-state index in [2.05, 4.69) is 20.8 Å². The Labute approximate surface area is 185 Å². The van der Waals surface area contributed by atoms with Crippen molar-refractivity contribution in [1.29, 1.82) is 0 Å². The van der Waals surface area contributed by atoms with Crippen LogP contribution in [0.2, 0.25) is 0 Å². The van der Waals surface area contributed by atoms with Crippen molar-refractivity contribution in [2.45, 2.75) is 33.2 Å². The number of amides is 3. The molecule has 0 bridgehead atoms. The maximum atomic E-state index is 12.2. The first-order chi connectivity index (χ1) is 15.1. The van der Waals surface area contributed by atoms with Crippen molar-refractivity contribution in [3.63, 3.8) is 0 Å². The van der Waals surface area contributed by atoms with Crippen LogP contribution < -0.4 is 10.6 Å². The molecule has 3 amide bonds. The third-order valence-electron chi connectivity index (χ3n) is 4.24. The van der Waals surface area contributed by atoms with Gasteiger partial charge in [-0.3, -0.25) is 10.1 Å². The number of carbonyl (C=O) groups excluding carboxylic acids is 3. The van der Waals surface area contributed by atoms with Crippen LogP contribution in [0.5, 0.6) is 0 Å². The topological polar surface area (TPSA) is 123 Å². The molecule has 9 heteroatoms. The molecular weight excluding hydrogens is 412 g/mol. The Hall–Kier alpha value is -4.01. The van der Waals surface area contributed by atoms with E-state index in [1.165, 1.54) is 12.1 Å². The molecule has 0 aliphatic rings. The lowest BCUT2D eigenvalue weighted by molar-refractivity contribution is -0.123. The molecule has 0 aliphatic heterocycles. The number of aromatic nitrogens is 2.